The maximum Gasteiger partial charge on any atom is 0.189 e. The highest BCUT2D eigenvalue weighted by molar-refractivity contribution is 6.18. The van der Waals surface area contributed by atoms with Crippen molar-refractivity contribution >= 4 is 11.6 Å². The van der Waals surface area contributed by atoms with Gasteiger partial charge in [0.25, 0.3) is 0 Å². The second-order valence-corrected chi connectivity index (χ2v) is 4.19. The molecule has 0 aliphatic carbocycles. The van der Waals surface area contributed by atoms with Gasteiger partial charge < -0.3 is 19.4 Å². The minimum Gasteiger partial charge on any atom is -0.464 e. The average Bonchev–Trinajstić information content (AvgIpc) is 2.45. The molecule has 5 nitrogen and oxygen atoms in total. The summed E-state index contributed by atoms with van der Waals surface area (Å²) in [6, 6.07) is 7.28. The van der Waals surface area contributed by atoms with Crippen LogP contribution in [0.25, 0.3) is 0 Å². The minimum atomic E-state index is -0.631. The molecular formula is C13H20ClNO4. The normalized spacial score (nSPS) is 12.5. The molecule has 0 bridgehead atoms. The molecule has 6 heteroatoms. The fourth-order valence-corrected chi connectivity index (χ4v) is 1.52. The molecule has 1 N–H and O–H groups in total. The standard InChI is InChI=1S/C13H20ClNO4/c1-3-15(9-11(16)8-14)19-13-7-5-4-6-12(13)18-10-17-2/h4-7,11,16H,3,8-10H2,1-2H3. The van der Waals surface area contributed by atoms with Gasteiger partial charge in [0.2, 0.25) is 0 Å². The molecule has 0 aromatic heterocycles. The van der Waals surface area contributed by atoms with Gasteiger partial charge in [0.15, 0.2) is 18.3 Å². The van der Waals surface area contributed by atoms with E-state index < -0.39 is 6.10 Å². The molecule has 0 saturated carbocycles. The zero-order valence-corrected chi connectivity index (χ0v) is 12.0. The number of rotatable bonds is 9. The number of nitrogens with zero attached hydrogens (tertiary/aromatic N) is 1. The quantitative estimate of drug-likeness (QED) is 0.427. The van der Waals surface area contributed by atoms with E-state index in [2.05, 4.69) is 0 Å². The number of halogens is 1. The molecule has 1 aromatic carbocycles. The largest absolute Gasteiger partial charge is 0.464 e. The van der Waals surface area contributed by atoms with Crippen molar-refractivity contribution in [2.45, 2.75) is 13.0 Å². The van der Waals surface area contributed by atoms with E-state index in [-0.39, 0.29) is 12.7 Å². The summed E-state index contributed by atoms with van der Waals surface area (Å²) in [6.45, 7) is 3.03. The SMILES string of the molecule is CCN(CC(O)CCl)Oc1ccccc1OCOC. The van der Waals surface area contributed by atoms with Crippen LogP contribution < -0.4 is 9.57 Å². The van der Waals surface area contributed by atoms with Crippen LogP contribution in [0.3, 0.4) is 0 Å². The first-order chi connectivity index (χ1) is 9.21. The molecule has 1 rings (SSSR count). The lowest BCUT2D eigenvalue weighted by Crippen LogP contribution is -2.35. The zero-order valence-electron chi connectivity index (χ0n) is 11.2. The Morgan fingerprint density at radius 3 is 2.58 bits per heavy atom. The number of hydroxylamine groups is 2. The first kappa shape index (κ1) is 16.0. The monoisotopic (exact) mass is 289 g/mol. The Balaban J connectivity index is 2.67. The summed E-state index contributed by atoms with van der Waals surface area (Å²) in [4.78, 5) is 5.70. The van der Waals surface area contributed by atoms with Crippen LogP contribution in [0, 0.1) is 0 Å². The summed E-state index contributed by atoms with van der Waals surface area (Å²) in [6.07, 6.45) is -0.631. The first-order valence-electron chi connectivity index (χ1n) is 6.09. The van der Waals surface area contributed by atoms with Crippen molar-refractivity contribution in [2.24, 2.45) is 0 Å². The smallest absolute Gasteiger partial charge is 0.189 e. The molecule has 1 unspecified atom stereocenters. The average molecular weight is 290 g/mol. The third kappa shape index (κ3) is 5.65. The van der Waals surface area contributed by atoms with Gasteiger partial charge in [-0.05, 0) is 19.1 Å². The second-order valence-electron chi connectivity index (χ2n) is 3.88. The molecule has 1 atom stereocenters. The van der Waals surface area contributed by atoms with E-state index >= 15 is 0 Å². The number of alkyl halides is 1. The lowest BCUT2D eigenvalue weighted by molar-refractivity contribution is -0.0798. The van der Waals surface area contributed by atoms with Crippen molar-refractivity contribution in [3.63, 3.8) is 0 Å². The van der Waals surface area contributed by atoms with Crippen molar-refractivity contribution < 1.29 is 19.4 Å². The fraction of sp³-hybridized carbons (Fsp3) is 0.538. The molecule has 0 aliphatic heterocycles. The summed E-state index contributed by atoms with van der Waals surface area (Å²) >= 11 is 5.58. The summed E-state index contributed by atoms with van der Waals surface area (Å²) in [5.74, 6) is 1.33. The number of ether oxygens (including phenoxy) is 2. The van der Waals surface area contributed by atoms with Crippen LogP contribution in [0.1, 0.15) is 6.92 Å². The van der Waals surface area contributed by atoms with Crippen LogP contribution in [0.5, 0.6) is 11.5 Å². The van der Waals surface area contributed by atoms with E-state index in [4.69, 9.17) is 25.9 Å². The highest BCUT2D eigenvalue weighted by Gasteiger charge is 2.13. The number of aliphatic hydroxyl groups excluding tert-OH is 1. The van der Waals surface area contributed by atoms with Crippen molar-refractivity contribution in [1.82, 2.24) is 5.06 Å². The molecule has 19 heavy (non-hydrogen) atoms. The van der Waals surface area contributed by atoms with Crippen molar-refractivity contribution in [1.29, 1.82) is 0 Å². The number of aliphatic hydroxyl groups is 1. The van der Waals surface area contributed by atoms with Gasteiger partial charge in [-0.1, -0.05) is 12.1 Å². The molecule has 0 saturated heterocycles. The van der Waals surface area contributed by atoms with Gasteiger partial charge in [0, 0.05) is 19.5 Å². The van der Waals surface area contributed by atoms with Gasteiger partial charge in [-0.3, -0.25) is 0 Å². The van der Waals surface area contributed by atoms with Gasteiger partial charge in [-0.25, -0.2) is 0 Å². The van der Waals surface area contributed by atoms with Crippen LogP contribution in [0.15, 0.2) is 24.3 Å². The number of likely N-dealkylation sites (N-methyl/N-ethyl adjacent to an activating group) is 1. The van der Waals surface area contributed by atoms with Crippen molar-refractivity contribution in [2.75, 3.05) is 32.9 Å². The number of hydrogen-bond donors (Lipinski definition) is 1. The Kier molecular flexibility index (Phi) is 7.59. The third-order valence-electron chi connectivity index (χ3n) is 2.35. The fourth-order valence-electron chi connectivity index (χ4n) is 1.42. The minimum absolute atomic E-state index is 0.150. The van der Waals surface area contributed by atoms with Crippen molar-refractivity contribution in [3.8, 4) is 11.5 Å². The number of benzene rings is 1. The van der Waals surface area contributed by atoms with Gasteiger partial charge in [-0.2, -0.15) is 0 Å². The predicted octanol–water partition coefficient (Wildman–Crippen LogP) is 1.88. The lowest BCUT2D eigenvalue weighted by atomic mass is 10.3. The van der Waals surface area contributed by atoms with Gasteiger partial charge in [0.05, 0.1) is 12.6 Å². The van der Waals surface area contributed by atoms with E-state index in [1.165, 1.54) is 0 Å². The van der Waals surface area contributed by atoms with E-state index in [1.807, 2.05) is 19.1 Å². The molecule has 0 fully saturated rings. The molecule has 1 aromatic rings. The van der Waals surface area contributed by atoms with Gasteiger partial charge in [0.1, 0.15) is 0 Å². The van der Waals surface area contributed by atoms with E-state index in [0.717, 1.165) is 0 Å². The maximum absolute atomic E-state index is 9.54. The molecule has 0 heterocycles. The maximum atomic E-state index is 9.54. The van der Waals surface area contributed by atoms with E-state index in [1.54, 1.807) is 24.3 Å². The van der Waals surface area contributed by atoms with Crippen LogP contribution in [0.4, 0.5) is 0 Å². The zero-order chi connectivity index (χ0) is 14.1. The Hall–Kier alpha value is -1.01. The van der Waals surface area contributed by atoms with Crippen LogP contribution in [-0.4, -0.2) is 49.1 Å². The Bertz CT molecular complexity index is 364. The topological polar surface area (TPSA) is 51.2 Å². The van der Waals surface area contributed by atoms with E-state index in [9.17, 15) is 5.11 Å². The molecule has 0 radical (unpaired) electrons. The predicted molar refractivity (Wildman–Crippen MR) is 73.5 cm³/mol. The first-order valence-corrected chi connectivity index (χ1v) is 6.62. The lowest BCUT2D eigenvalue weighted by Gasteiger charge is -2.23. The van der Waals surface area contributed by atoms with Crippen LogP contribution in [0.2, 0.25) is 0 Å². The summed E-state index contributed by atoms with van der Waals surface area (Å²) in [5, 5.41) is 11.2. The number of methoxy groups -OCH3 is 1. The van der Waals surface area contributed by atoms with Crippen LogP contribution in [-0.2, 0) is 4.74 Å². The molecule has 0 spiro atoms. The number of para-hydroxylation sites is 2. The molecule has 108 valence electrons. The van der Waals surface area contributed by atoms with Gasteiger partial charge >= 0.3 is 0 Å². The Morgan fingerprint density at radius 1 is 1.32 bits per heavy atom. The molecular weight excluding hydrogens is 270 g/mol. The highest BCUT2D eigenvalue weighted by atomic mass is 35.5. The summed E-state index contributed by atoms with van der Waals surface area (Å²) in [5.41, 5.74) is 0. The molecule has 0 amide bonds. The number of hydrogen-bond acceptors (Lipinski definition) is 5. The van der Waals surface area contributed by atoms with Crippen LogP contribution >= 0.6 is 11.6 Å². The second kappa shape index (κ2) is 8.98. The van der Waals surface area contributed by atoms with E-state index in [0.29, 0.717) is 24.6 Å². The summed E-state index contributed by atoms with van der Waals surface area (Å²) < 4.78 is 10.3. The summed E-state index contributed by atoms with van der Waals surface area (Å²) in [7, 11) is 1.55. The Morgan fingerprint density at radius 2 is 2.00 bits per heavy atom. The third-order valence-corrected chi connectivity index (χ3v) is 2.71. The highest BCUT2D eigenvalue weighted by Crippen LogP contribution is 2.27. The van der Waals surface area contributed by atoms with Crippen molar-refractivity contribution in [3.05, 3.63) is 24.3 Å². The van der Waals surface area contributed by atoms with Gasteiger partial charge in [-0.15, -0.1) is 16.7 Å². The Labute approximate surface area is 118 Å². The molecule has 0 aliphatic rings.